The van der Waals surface area contributed by atoms with Crippen LogP contribution in [-0.2, 0) is 11.3 Å². The number of ether oxygens (including phenoxy) is 1. The van der Waals surface area contributed by atoms with Crippen molar-refractivity contribution in [1.29, 1.82) is 0 Å². The number of aryl methyl sites for hydroxylation is 3. The predicted molar refractivity (Wildman–Crippen MR) is 122 cm³/mol. The summed E-state index contributed by atoms with van der Waals surface area (Å²) in [4.78, 5) is 19.2. The Morgan fingerprint density at radius 1 is 1.00 bits per heavy atom. The smallest absolute Gasteiger partial charge is 0.148 e. The maximum Gasteiger partial charge on any atom is 0.148 e. The lowest BCUT2D eigenvalue weighted by atomic mass is 10.1. The van der Waals surface area contributed by atoms with Gasteiger partial charge >= 0.3 is 0 Å². The van der Waals surface area contributed by atoms with Gasteiger partial charge < -0.3 is 9.57 Å². The molecule has 0 aliphatic rings. The topological polar surface area (TPSA) is 69.5 Å². The molecule has 0 radical (unpaired) electrons. The van der Waals surface area contributed by atoms with E-state index >= 15 is 0 Å². The third-order valence-corrected chi connectivity index (χ3v) is 4.45. The summed E-state index contributed by atoms with van der Waals surface area (Å²) in [5.74, 6) is 3.17. The first-order valence-electron chi connectivity index (χ1n) is 10.2. The molecular formula is C25H26N4O2. The molecule has 3 aromatic rings. The van der Waals surface area contributed by atoms with Crippen LogP contribution in [0.1, 0.15) is 36.1 Å². The van der Waals surface area contributed by atoms with Crippen LogP contribution < -0.4 is 4.74 Å². The molecule has 0 spiro atoms. The van der Waals surface area contributed by atoms with Crippen LogP contribution in [0.25, 0.3) is 11.4 Å². The molecule has 0 amide bonds. The van der Waals surface area contributed by atoms with Gasteiger partial charge in [-0.3, -0.25) is 15.0 Å². The molecule has 0 aromatic carbocycles. The van der Waals surface area contributed by atoms with Gasteiger partial charge in [-0.1, -0.05) is 23.2 Å². The van der Waals surface area contributed by atoms with Crippen molar-refractivity contribution in [2.45, 2.75) is 33.6 Å². The molecule has 158 valence electrons. The number of aromatic nitrogens is 3. The maximum absolute atomic E-state index is 5.54. The highest BCUT2D eigenvalue weighted by Crippen LogP contribution is 2.22. The van der Waals surface area contributed by atoms with Crippen LogP contribution in [0.4, 0.5) is 0 Å². The van der Waals surface area contributed by atoms with Crippen molar-refractivity contribution in [3.8, 4) is 29.5 Å². The molecule has 0 bridgehead atoms. The zero-order valence-corrected chi connectivity index (χ0v) is 18.1. The lowest BCUT2D eigenvalue weighted by Gasteiger charge is -2.08. The molecule has 0 atom stereocenters. The quantitative estimate of drug-likeness (QED) is 0.222. The molecular weight excluding hydrogens is 388 g/mol. The Morgan fingerprint density at radius 3 is 2.65 bits per heavy atom. The fraction of sp³-hybridized carbons (Fsp3) is 0.280. The van der Waals surface area contributed by atoms with Gasteiger partial charge in [-0.05, 0) is 57.9 Å². The van der Waals surface area contributed by atoms with Gasteiger partial charge in [-0.2, -0.15) is 0 Å². The second-order valence-corrected chi connectivity index (χ2v) is 7.11. The van der Waals surface area contributed by atoms with Crippen LogP contribution in [0.5, 0.6) is 5.75 Å². The summed E-state index contributed by atoms with van der Waals surface area (Å²) in [6.45, 7) is 6.49. The summed E-state index contributed by atoms with van der Waals surface area (Å²) >= 11 is 0. The summed E-state index contributed by atoms with van der Waals surface area (Å²) in [6, 6.07) is 15.5. The van der Waals surface area contributed by atoms with E-state index in [2.05, 4.69) is 21.0 Å². The molecule has 31 heavy (non-hydrogen) atoms. The van der Waals surface area contributed by atoms with E-state index in [1.54, 1.807) is 0 Å². The minimum Gasteiger partial charge on any atom is -0.481 e. The first-order chi connectivity index (χ1) is 15.0. The van der Waals surface area contributed by atoms with Crippen LogP contribution in [0.2, 0.25) is 0 Å². The highest BCUT2D eigenvalue weighted by molar-refractivity contribution is 5.96. The van der Waals surface area contributed by atoms with E-state index < -0.39 is 0 Å². The fourth-order valence-electron chi connectivity index (χ4n) is 2.99. The maximum atomic E-state index is 5.54. The second kappa shape index (κ2) is 10.9. The van der Waals surface area contributed by atoms with E-state index in [0.29, 0.717) is 12.4 Å². The summed E-state index contributed by atoms with van der Waals surface area (Å²) in [5, 5.41) is 4.17. The highest BCUT2D eigenvalue weighted by Gasteiger charge is 2.07. The van der Waals surface area contributed by atoms with Gasteiger partial charge in [0, 0.05) is 29.2 Å². The Labute approximate surface area is 183 Å². The Bertz CT molecular complexity index is 1100. The number of oxime groups is 1. The van der Waals surface area contributed by atoms with Crippen molar-refractivity contribution in [3.05, 3.63) is 71.3 Å². The van der Waals surface area contributed by atoms with Crippen molar-refractivity contribution in [3.63, 3.8) is 0 Å². The molecule has 6 heteroatoms. The number of hydrogen-bond donors (Lipinski definition) is 0. The molecule has 0 unspecified atom stereocenters. The molecule has 0 aliphatic carbocycles. The Morgan fingerprint density at radius 2 is 1.84 bits per heavy atom. The normalized spacial score (nSPS) is 11.1. The molecule has 3 heterocycles. The lowest BCUT2D eigenvalue weighted by Crippen LogP contribution is -2.02. The van der Waals surface area contributed by atoms with E-state index in [4.69, 9.17) is 21.0 Å². The molecule has 0 saturated heterocycles. The third-order valence-electron chi connectivity index (χ3n) is 4.45. The van der Waals surface area contributed by atoms with Crippen molar-refractivity contribution in [1.82, 2.24) is 15.0 Å². The Hall–Kier alpha value is -3.72. The van der Waals surface area contributed by atoms with E-state index in [9.17, 15) is 0 Å². The number of terminal acetylenes is 1. The summed E-state index contributed by atoms with van der Waals surface area (Å²) in [7, 11) is 0. The van der Waals surface area contributed by atoms with Crippen molar-refractivity contribution in [2.24, 2.45) is 5.16 Å². The van der Waals surface area contributed by atoms with Gasteiger partial charge in [-0.15, -0.1) is 6.42 Å². The molecule has 0 aliphatic heterocycles. The van der Waals surface area contributed by atoms with Gasteiger partial charge in [0.25, 0.3) is 0 Å². The van der Waals surface area contributed by atoms with Crippen molar-refractivity contribution >= 4 is 5.71 Å². The number of hydrogen-bond acceptors (Lipinski definition) is 6. The SMILES string of the molecule is C#CCOc1cc(C)nc(-c2cccc(CCCO/N=C(\C)c3cccc(C)n3)n2)c1. The third kappa shape index (κ3) is 6.65. The molecule has 3 aromatic heterocycles. The Kier molecular flexibility index (Phi) is 7.72. The lowest BCUT2D eigenvalue weighted by molar-refractivity contribution is 0.141. The minimum atomic E-state index is 0.220. The molecule has 0 fully saturated rings. The van der Waals surface area contributed by atoms with Crippen LogP contribution in [-0.4, -0.2) is 33.9 Å². The standard InChI is InChI=1S/C25H26N4O2/c1-5-14-30-22-16-19(3)27-25(17-22)24-13-7-10-21(28-24)11-8-15-31-29-20(4)23-12-6-9-18(2)26-23/h1,6-7,9-10,12-13,16-17H,8,11,14-15H2,2-4H3/b29-20+. The van der Waals surface area contributed by atoms with E-state index in [1.807, 2.05) is 69.3 Å². The first-order valence-corrected chi connectivity index (χ1v) is 10.2. The number of pyridine rings is 3. The zero-order chi connectivity index (χ0) is 22.1. The van der Waals surface area contributed by atoms with Crippen LogP contribution in [0.3, 0.4) is 0 Å². The average Bonchev–Trinajstić information content (AvgIpc) is 2.77. The monoisotopic (exact) mass is 414 g/mol. The van der Waals surface area contributed by atoms with E-state index in [1.165, 1.54) is 0 Å². The van der Waals surface area contributed by atoms with E-state index in [-0.39, 0.29) is 6.61 Å². The zero-order valence-electron chi connectivity index (χ0n) is 18.1. The summed E-state index contributed by atoms with van der Waals surface area (Å²) in [6.07, 6.45) is 6.85. The van der Waals surface area contributed by atoms with Gasteiger partial charge in [0.05, 0.1) is 17.1 Å². The van der Waals surface area contributed by atoms with Crippen molar-refractivity contribution in [2.75, 3.05) is 13.2 Å². The second-order valence-electron chi connectivity index (χ2n) is 7.11. The predicted octanol–water partition coefficient (Wildman–Crippen LogP) is 4.54. The van der Waals surface area contributed by atoms with Gasteiger partial charge in [0.15, 0.2) is 0 Å². The minimum absolute atomic E-state index is 0.220. The fourth-order valence-corrected chi connectivity index (χ4v) is 2.99. The average molecular weight is 415 g/mol. The van der Waals surface area contributed by atoms with Gasteiger partial charge in [0.1, 0.15) is 24.7 Å². The summed E-state index contributed by atoms with van der Waals surface area (Å²) in [5.41, 5.74) is 5.92. The number of rotatable bonds is 9. The molecule has 0 N–H and O–H groups in total. The van der Waals surface area contributed by atoms with Crippen LogP contribution in [0.15, 0.2) is 53.7 Å². The highest BCUT2D eigenvalue weighted by atomic mass is 16.6. The summed E-state index contributed by atoms with van der Waals surface area (Å²) < 4.78 is 5.54. The molecule has 6 nitrogen and oxygen atoms in total. The Balaban J connectivity index is 1.57. The van der Waals surface area contributed by atoms with E-state index in [0.717, 1.165) is 52.7 Å². The molecule has 3 rings (SSSR count). The number of nitrogens with zero attached hydrogens (tertiary/aromatic N) is 4. The van der Waals surface area contributed by atoms with Crippen LogP contribution in [0, 0.1) is 26.2 Å². The van der Waals surface area contributed by atoms with Gasteiger partial charge in [0.2, 0.25) is 0 Å². The molecule has 0 saturated carbocycles. The largest absolute Gasteiger partial charge is 0.481 e. The van der Waals surface area contributed by atoms with Gasteiger partial charge in [-0.25, -0.2) is 0 Å². The van der Waals surface area contributed by atoms with Crippen molar-refractivity contribution < 1.29 is 9.57 Å². The van der Waals surface area contributed by atoms with Crippen LogP contribution >= 0.6 is 0 Å². The first kappa shape index (κ1) is 22.0.